The maximum Gasteiger partial charge on any atom is 0.329 e. The number of aromatic nitrogens is 1. The van der Waals surface area contributed by atoms with Crippen molar-refractivity contribution < 1.29 is 18.7 Å². The zero-order valence-corrected chi connectivity index (χ0v) is 16.8. The van der Waals surface area contributed by atoms with E-state index in [0.29, 0.717) is 22.2 Å². The number of halogens is 1. The number of carbonyl (C=O) groups is 2. The maximum atomic E-state index is 12.6. The number of nitrogens with one attached hydrogen (secondary N) is 1. The Kier molecular flexibility index (Phi) is 6.67. The zero-order valence-electron chi connectivity index (χ0n) is 16.1. The molecule has 29 heavy (non-hydrogen) atoms. The number of esters is 1. The fourth-order valence-corrected chi connectivity index (χ4v) is 2.91. The normalized spacial score (nSPS) is 11.9. The molecule has 0 aliphatic rings. The van der Waals surface area contributed by atoms with Crippen LogP contribution in [0, 0.1) is 5.92 Å². The Morgan fingerprint density at radius 1 is 1.10 bits per heavy atom. The molecule has 1 atom stereocenters. The molecule has 1 amide bonds. The smallest absolute Gasteiger partial charge is 0.329 e. The van der Waals surface area contributed by atoms with Gasteiger partial charge in [-0.3, -0.25) is 4.79 Å². The Balaban J connectivity index is 1.62. The van der Waals surface area contributed by atoms with Gasteiger partial charge < -0.3 is 14.5 Å². The Labute approximate surface area is 173 Å². The molecule has 1 unspecified atom stereocenters. The van der Waals surface area contributed by atoms with Crippen LogP contribution in [0.25, 0.3) is 11.5 Å². The molecule has 0 fully saturated rings. The van der Waals surface area contributed by atoms with Gasteiger partial charge in [0.05, 0.1) is 10.6 Å². The number of benzene rings is 2. The summed E-state index contributed by atoms with van der Waals surface area (Å²) >= 11 is 6.06. The molecule has 0 aliphatic heterocycles. The van der Waals surface area contributed by atoms with Gasteiger partial charge in [0.15, 0.2) is 0 Å². The molecule has 7 heteroatoms. The van der Waals surface area contributed by atoms with Crippen LogP contribution in [0.4, 0.5) is 0 Å². The zero-order chi connectivity index (χ0) is 20.8. The third kappa shape index (κ3) is 5.23. The summed E-state index contributed by atoms with van der Waals surface area (Å²) in [5.41, 5.74) is 1.62. The van der Waals surface area contributed by atoms with E-state index in [1.54, 1.807) is 24.3 Å². The van der Waals surface area contributed by atoms with Gasteiger partial charge in [-0.15, -0.1) is 0 Å². The monoisotopic (exact) mass is 412 g/mol. The summed E-state index contributed by atoms with van der Waals surface area (Å²) in [6.45, 7) is 3.59. The van der Waals surface area contributed by atoms with Crippen LogP contribution >= 0.6 is 11.6 Å². The molecule has 0 bridgehead atoms. The Morgan fingerprint density at radius 2 is 1.79 bits per heavy atom. The lowest BCUT2D eigenvalue weighted by molar-refractivity contribution is -0.148. The maximum absolute atomic E-state index is 12.6. The van der Waals surface area contributed by atoms with Crippen LogP contribution in [0.2, 0.25) is 5.02 Å². The van der Waals surface area contributed by atoms with Gasteiger partial charge in [-0.25, -0.2) is 9.78 Å². The van der Waals surface area contributed by atoms with Gasteiger partial charge >= 0.3 is 5.97 Å². The van der Waals surface area contributed by atoms with E-state index in [1.165, 1.54) is 6.26 Å². The van der Waals surface area contributed by atoms with Crippen molar-refractivity contribution in [2.24, 2.45) is 5.92 Å². The van der Waals surface area contributed by atoms with E-state index in [-0.39, 0.29) is 12.5 Å². The lowest BCUT2D eigenvalue weighted by atomic mass is 10.0. The van der Waals surface area contributed by atoms with Crippen LogP contribution in [-0.4, -0.2) is 22.9 Å². The quantitative estimate of drug-likeness (QED) is 0.578. The van der Waals surface area contributed by atoms with Crippen molar-refractivity contribution in [1.29, 1.82) is 0 Å². The Morgan fingerprint density at radius 3 is 2.48 bits per heavy atom. The minimum Gasteiger partial charge on any atom is -0.458 e. The van der Waals surface area contributed by atoms with E-state index >= 15 is 0 Å². The highest BCUT2D eigenvalue weighted by atomic mass is 35.5. The molecular weight excluding hydrogens is 392 g/mol. The molecule has 1 heterocycles. The third-order valence-corrected chi connectivity index (χ3v) is 4.59. The minimum absolute atomic E-state index is 0.0552. The van der Waals surface area contributed by atoms with Gasteiger partial charge in [-0.2, -0.15) is 0 Å². The number of rotatable bonds is 7. The lowest BCUT2D eigenvalue weighted by Gasteiger charge is -2.21. The molecule has 0 saturated carbocycles. The summed E-state index contributed by atoms with van der Waals surface area (Å²) in [6, 6.07) is 15.3. The second kappa shape index (κ2) is 9.39. The molecule has 6 nitrogen and oxygen atoms in total. The van der Waals surface area contributed by atoms with Crippen LogP contribution in [0.15, 0.2) is 65.3 Å². The van der Waals surface area contributed by atoms with Crippen LogP contribution in [0.3, 0.4) is 0 Å². The summed E-state index contributed by atoms with van der Waals surface area (Å²) in [7, 11) is 0. The molecule has 1 aromatic heterocycles. The lowest BCUT2D eigenvalue weighted by Crippen LogP contribution is -2.45. The molecule has 2 aromatic carbocycles. The number of oxazole rings is 1. The average Bonchev–Trinajstić information content (AvgIpc) is 3.20. The largest absolute Gasteiger partial charge is 0.458 e. The molecule has 0 radical (unpaired) electrons. The number of carbonyl (C=O) groups excluding carboxylic acids is 2. The predicted octanol–water partition coefficient (Wildman–Crippen LogP) is 4.49. The van der Waals surface area contributed by atoms with E-state index in [1.807, 2.05) is 44.2 Å². The molecular formula is C22H21ClN2O4. The average molecular weight is 413 g/mol. The van der Waals surface area contributed by atoms with Crippen molar-refractivity contribution in [3.05, 3.63) is 77.1 Å². The van der Waals surface area contributed by atoms with E-state index in [9.17, 15) is 9.59 Å². The van der Waals surface area contributed by atoms with Gasteiger partial charge in [0.1, 0.15) is 24.6 Å². The molecule has 0 spiro atoms. The van der Waals surface area contributed by atoms with Gasteiger partial charge in [0.2, 0.25) is 5.89 Å². The van der Waals surface area contributed by atoms with Gasteiger partial charge in [0.25, 0.3) is 5.91 Å². The van der Waals surface area contributed by atoms with E-state index in [4.69, 9.17) is 20.8 Å². The predicted molar refractivity (Wildman–Crippen MR) is 109 cm³/mol. The summed E-state index contributed by atoms with van der Waals surface area (Å²) in [5.74, 6) is -0.709. The summed E-state index contributed by atoms with van der Waals surface area (Å²) in [5, 5.41) is 3.02. The van der Waals surface area contributed by atoms with Crippen molar-refractivity contribution in [3.8, 4) is 11.5 Å². The number of hydrogen-bond donors (Lipinski definition) is 1. The number of hydrogen-bond acceptors (Lipinski definition) is 5. The highest BCUT2D eigenvalue weighted by Crippen LogP contribution is 2.19. The van der Waals surface area contributed by atoms with Crippen molar-refractivity contribution in [2.45, 2.75) is 26.5 Å². The second-order valence-electron chi connectivity index (χ2n) is 6.79. The third-order valence-electron chi connectivity index (χ3n) is 4.26. The molecule has 3 aromatic rings. The molecule has 0 aliphatic carbocycles. The topological polar surface area (TPSA) is 81.4 Å². The van der Waals surface area contributed by atoms with Gasteiger partial charge in [-0.05, 0) is 30.2 Å². The van der Waals surface area contributed by atoms with Crippen LogP contribution < -0.4 is 5.32 Å². The van der Waals surface area contributed by atoms with Crippen molar-refractivity contribution in [1.82, 2.24) is 10.3 Å². The SMILES string of the molecule is CC(C)C(NC(=O)c1ccccc1Cl)C(=O)OCc1coc(-c2ccccc2)n1. The first-order valence-electron chi connectivity index (χ1n) is 9.17. The highest BCUT2D eigenvalue weighted by Gasteiger charge is 2.27. The summed E-state index contributed by atoms with van der Waals surface area (Å²) in [6.07, 6.45) is 1.45. The Hall–Kier alpha value is -3.12. The van der Waals surface area contributed by atoms with Crippen molar-refractivity contribution in [2.75, 3.05) is 0 Å². The standard InChI is InChI=1S/C22H21ClN2O4/c1-14(2)19(25-20(26)17-10-6-7-11-18(17)23)22(27)29-13-16-12-28-21(24-16)15-8-4-3-5-9-15/h3-12,14,19H,13H2,1-2H3,(H,25,26). The van der Waals surface area contributed by atoms with E-state index in [2.05, 4.69) is 10.3 Å². The van der Waals surface area contributed by atoms with Crippen molar-refractivity contribution in [3.63, 3.8) is 0 Å². The van der Waals surface area contributed by atoms with Crippen LogP contribution in [-0.2, 0) is 16.1 Å². The fraction of sp³-hybridized carbons (Fsp3) is 0.227. The summed E-state index contributed by atoms with van der Waals surface area (Å²) < 4.78 is 10.8. The first-order valence-corrected chi connectivity index (χ1v) is 9.55. The first kappa shape index (κ1) is 20.6. The Bertz CT molecular complexity index is 985. The van der Waals surface area contributed by atoms with Gasteiger partial charge in [0, 0.05) is 5.56 Å². The fourth-order valence-electron chi connectivity index (χ4n) is 2.68. The summed E-state index contributed by atoms with van der Waals surface area (Å²) in [4.78, 5) is 29.4. The van der Waals surface area contributed by atoms with E-state index in [0.717, 1.165) is 5.56 Å². The second-order valence-corrected chi connectivity index (χ2v) is 7.20. The number of amides is 1. The van der Waals surface area contributed by atoms with E-state index < -0.39 is 17.9 Å². The van der Waals surface area contributed by atoms with Crippen LogP contribution in [0.5, 0.6) is 0 Å². The molecule has 150 valence electrons. The highest BCUT2D eigenvalue weighted by molar-refractivity contribution is 6.33. The molecule has 1 N–H and O–H groups in total. The number of ether oxygens (including phenoxy) is 1. The molecule has 3 rings (SSSR count). The molecule has 0 saturated heterocycles. The van der Waals surface area contributed by atoms with Gasteiger partial charge in [-0.1, -0.05) is 55.8 Å². The first-order chi connectivity index (χ1) is 14.0. The minimum atomic E-state index is -0.820. The van der Waals surface area contributed by atoms with Crippen molar-refractivity contribution >= 4 is 23.5 Å². The van der Waals surface area contributed by atoms with Crippen LogP contribution in [0.1, 0.15) is 29.9 Å². The number of nitrogens with zero attached hydrogens (tertiary/aromatic N) is 1.